The predicted octanol–water partition coefficient (Wildman–Crippen LogP) is 2.08. The second kappa shape index (κ2) is 6.44. The van der Waals surface area contributed by atoms with Crippen molar-refractivity contribution in [1.82, 2.24) is 5.32 Å². The molecule has 0 aromatic heterocycles. The van der Waals surface area contributed by atoms with Crippen LogP contribution in [-0.4, -0.2) is 13.0 Å². The van der Waals surface area contributed by atoms with Crippen LogP contribution in [0.3, 0.4) is 0 Å². The van der Waals surface area contributed by atoms with Gasteiger partial charge in [0.1, 0.15) is 11.3 Å². The van der Waals surface area contributed by atoms with Gasteiger partial charge < -0.3 is 15.8 Å². The summed E-state index contributed by atoms with van der Waals surface area (Å²) in [5.41, 5.74) is 8.00. The highest BCUT2D eigenvalue weighted by molar-refractivity contribution is 6.01. The molecule has 0 atom stereocenters. The predicted molar refractivity (Wildman–Crippen MR) is 79.7 cm³/mol. The van der Waals surface area contributed by atoms with Gasteiger partial charge in [-0.3, -0.25) is 4.79 Å². The molecule has 0 heterocycles. The molecule has 0 bridgehead atoms. The van der Waals surface area contributed by atoms with E-state index in [1.165, 1.54) is 7.11 Å². The highest BCUT2D eigenvalue weighted by Gasteiger charge is 2.15. The normalized spacial score (nSPS) is 9.71. The molecule has 0 spiro atoms. The second-order valence-corrected chi connectivity index (χ2v) is 4.42. The number of hydrogen-bond acceptors (Lipinski definition) is 4. The summed E-state index contributed by atoms with van der Waals surface area (Å²) in [5.74, 6) is 0.140. The molecule has 0 aliphatic carbocycles. The van der Waals surface area contributed by atoms with Crippen LogP contribution in [-0.2, 0) is 6.54 Å². The maximum atomic E-state index is 12.2. The first-order valence-electron chi connectivity index (χ1n) is 6.35. The fourth-order valence-electron chi connectivity index (χ4n) is 1.93. The number of rotatable bonds is 4. The fraction of sp³-hybridized carbons (Fsp3) is 0.125. The lowest BCUT2D eigenvalue weighted by atomic mass is 10.1. The highest BCUT2D eigenvalue weighted by Crippen LogP contribution is 2.23. The summed E-state index contributed by atoms with van der Waals surface area (Å²) in [4.78, 5) is 12.2. The minimum atomic E-state index is -0.297. The number of methoxy groups -OCH3 is 1. The van der Waals surface area contributed by atoms with Crippen LogP contribution < -0.4 is 15.8 Å². The minimum Gasteiger partial charge on any atom is -0.496 e. The summed E-state index contributed by atoms with van der Waals surface area (Å²) in [5, 5.41) is 11.5. The second-order valence-electron chi connectivity index (χ2n) is 4.42. The summed E-state index contributed by atoms with van der Waals surface area (Å²) in [6.07, 6.45) is 0. The van der Waals surface area contributed by atoms with Gasteiger partial charge in [0.05, 0.1) is 18.7 Å². The molecule has 0 radical (unpaired) electrons. The lowest BCUT2D eigenvalue weighted by Gasteiger charge is -2.11. The van der Waals surface area contributed by atoms with Gasteiger partial charge in [-0.2, -0.15) is 5.26 Å². The van der Waals surface area contributed by atoms with Crippen LogP contribution in [0.4, 0.5) is 5.69 Å². The summed E-state index contributed by atoms with van der Waals surface area (Å²) < 4.78 is 5.15. The summed E-state index contributed by atoms with van der Waals surface area (Å²) in [6, 6.07) is 14.1. The van der Waals surface area contributed by atoms with Crippen molar-refractivity contribution in [3.63, 3.8) is 0 Å². The van der Waals surface area contributed by atoms with E-state index in [0.29, 0.717) is 29.1 Å². The average molecular weight is 281 g/mol. The van der Waals surface area contributed by atoms with Gasteiger partial charge in [0.2, 0.25) is 0 Å². The SMILES string of the molecule is COc1cccc(N)c1C(=O)NCc1ccc(C#N)cc1. The van der Waals surface area contributed by atoms with E-state index in [0.717, 1.165) is 5.56 Å². The van der Waals surface area contributed by atoms with Crippen molar-refractivity contribution in [1.29, 1.82) is 5.26 Å². The number of nitriles is 1. The van der Waals surface area contributed by atoms with E-state index in [-0.39, 0.29) is 5.91 Å². The Morgan fingerprint density at radius 3 is 2.62 bits per heavy atom. The van der Waals surface area contributed by atoms with Crippen LogP contribution in [0.15, 0.2) is 42.5 Å². The molecule has 0 aliphatic rings. The lowest BCUT2D eigenvalue weighted by molar-refractivity contribution is 0.0949. The lowest BCUT2D eigenvalue weighted by Crippen LogP contribution is -2.24. The van der Waals surface area contributed by atoms with Gasteiger partial charge in [-0.25, -0.2) is 0 Å². The first kappa shape index (κ1) is 14.4. The summed E-state index contributed by atoms with van der Waals surface area (Å²) in [7, 11) is 1.49. The van der Waals surface area contributed by atoms with Crippen molar-refractivity contribution < 1.29 is 9.53 Å². The Kier molecular flexibility index (Phi) is 4.42. The van der Waals surface area contributed by atoms with E-state index in [1.54, 1.807) is 42.5 Å². The Hall–Kier alpha value is -3.00. The number of amides is 1. The molecular formula is C16H15N3O2. The number of nitrogens with one attached hydrogen (secondary N) is 1. The van der Waals surface area contributed by atoms with E-state index in [9.17, 15) is 4.79 Å². The van der Waals surface area contributed by atoms with Gasteiger partial charge in [0.25, 0.3) is 5.91 Å². The van der Waals surface area contributed by atoms with Gasteiger partial charge in [-0.15, -0.1) is 0 Å². The number of carbonyl (C=O) groups excluding carboxylic acids is 1. The number of nitrogen functional groups attached to an aromatic ring is 1. The van der Waals surface area contributed by atoms with Gasteiger partial charge in [0.15, 0.2) is 0 Å². The molecule has 3 N–H and O–H groups in total. The third-order valence-electron chi connectivity index (χ3n) is 3.04. The Morgan fingerprint density at radius 1 is 1.29 bits per heavy atom. The van der Waals surface area contributed by atoms with Crippen LogP contribution in [0.25, 0.3) is 0 Å². The van der Waals surface area contributed by atoms with Gasteiger partial charge in [0, 0.05) is 12.2 Å². The summed E-state index contributed by atoms with van der Waals surface area (Å²) >= 11 is 0. The average Bonchev–Trinajstić information content (AvgIpc) is 2.52. The maximum absolute atomic E-state index is 12.2. The molecular weight excluding hydrogens is 266 g/mol. The van der Waals surface area contributed by atoms with Crippen molar-refractivity contribution in [3.8, 4) is 11.8 Å². The zero-order chi connectivity index (χ0) is 15.2. The van der Waals surface area contributed by atoms with Crippen molar-refractivity contribution in [2.24, 2.45) is 0 Å². The first-order valence-corrected chi connectivity index (χ1v) is 6.35. The van der Waals surface area contributed by atoms with E-state index in [4.69, 9.17) is 15.7 Å². The fourth-order valence-corrected chi connectivity index (χ4v) is 1.93. The third-order valence-corrected chi connectivity index (χ3v) is 3.04. The molecule has 2 rings (SSSR count). The molecule has 106 valence electrons. The van der Waals surface area contributed by atoms with Crippen molar-refractivity contribution in [2.75, 3.05) is 12.8 Å². The topological polar surface area (TPSA) is 88.1 Å². The van der Waals surface area contributed by atoms with Crippen LogP contribution in [0.5, 0.6) is 5.75 Å². The Balaban J connectivity index is 2.10. The largest absolute Gasteiger partial charge is 0.496 e. The molecule has 2 aromatic carbocycles. The highest BCUT2D eigenvalue weighted by atomic mass is 16.5. The van der Waals surface area contributed by atoms with Crippen LogP contribution in [0.2, 0.25) is 0 Å². The van der Waals surface area contributed by atoms with Crippen LogP contribution in [0, 0.1) is 11.3 Å². The van der Waals surface area contributed by atoms with Crippen LogP contribution >= 0.6 is 0 Å². The monoisotopic (exact) mass is 281 g/mol. The van der Waals surface area contributed by atoms with Crippen molar-refractivity contribution >= 4 is 11.6 Å². The summed E-state index contributed by atoms with van der Waals surface area (Å²) in [6.45, 7) is 0.349. The molecule has 2 aromatic rings. The third kappa shape index (κ3) is 3.31. The maximum Gasteiger partial charge on any atom is 0.257 e. The number of carbonyl (C=O) groups is 1. The minimum absolute atomic E-state index is 0.297. The number of ether oxygens (including phenoxy) is 1. The smallest absolute Gasteiger partial charge is 0.257 e. The number of nitrogens with two attached hydrogens (primary N) is 1. The van der Waals surface area contributed by atoms with Crippen molar-refractivity contribution in [3.05, 3.63) is 59.2 Å². The first-order chi connectivity index (χ1) is 10.2. The molecule has 0 fully saturated rings. The van der Waals surface area contributed by atoms with E-state index in [1.807, 2.05) is 6.07 Å². The number of benzene rings is 2. The van der Waals surface area contributed by atoms with E-state index < -0.39 is 0 Å². The van der Waals surface area contributed by atoms with Crippen LogP contribution in [0.1, 0.15) is 21.5 Å². The Bertz CT molecular complexity index is 688. The van der Waals surface area contributed by atoms with E-state index in [2.05, 4.69) is 5.32 Å². The van der Waals surface area contributed by atoms with Gasteiger partial charge >= 0.3 is 0 Å². The molecule has 21 heavy (non-hydrogen) atoms. The van der Waals surface area contributed by atoms with Gasteiger partial charge in [-0.05, 0) is 29.8 Å². The Morgan fingerprint density at radius 2 is 2.00 bits per heavy atom. The molecule has 0 aliphatic heterocycles. The number of hydrogen-bond donors (Lipinski definition) is 2. The van der Waals surface area contributed by atoms with Crippen molar-refractivity contribution in [2.45, 2.75) is 6.54 Å². The van der Waals surface area contributed by atoms with E-state index >= 15 is 0 Å². The molecule has 1 amide bonds. The molecule has 5 nitrogen and oxygen atoms in total. The quantitative estimate of drug-likeness (QED) is 0.840. The standard InChI is InChI=1S/C16H15N3O2/c1-21-14-4-2-3-13(18)15(14)16(20)19-10-12-7-5-11(9-17)6-8-12/h2-8H,10,18H2,1H3,(H,19,20). The zero-order valence-corrected chi connectivity index (χ0v) is 11.6. The number of nitrogens with zero attached hydrogens (tertiary/aromatic N) is 1. The molecule has 0 saturated carbocycles. The molecule has 0 unspecified atom stereocenters. The molecule has 0 saturated heterocycles. The Labute approximate surface area is 123 Å². The zero-order valence-electron chi connectivity index (χ0n) is 11.6. The molecule has 5 heteroatoms. The number of anilines is 1. The van der Waals surface area contributed by atoms with Gasteiger partial charge in [-0.1, -0.05) is 18.2 Å².